The van der Waals surface area contributed by atoms with Crippen LogP contribution in [0.2, 0.25) is 0 Å². The number of rotatable bonds is 3. The fraction of sp³-hybridized carbons (Fsp3) is 0.615. The molecule has 1 aliphatic rings. The maximum absolute atomic E-state index is 12.4. The minimum Gasteiger partial charge on any atom is -0.293 e. The Hall–Kier alpha value is -0.680. The Morgan fingerprint density at radius 3 is 2.67 bits per heavy atom. The monoisotopic (exact) mass is 286 g/mol. The second kappa shape index (κ2) is 5.13. The van der Waals surface area contributed by atoms with Crippen molar-refractivity contribution in [2.45, 2.75) is 37.9 Å². The minimum atomic E-state index is -3.02. The summed E-state index contributed by atoms with van der Waals surface area (Å²) in [6, 6.07) is 1.94. The molecule has 0 amide bonds. The molecule has 18 heavy (non-hydrogen) atoms. The third-order valence-electron chi connectivity index (χ3n) is 3.69. The van der Waals surface area contributed by atoms with Crippen LogP contribution >= 0.6 is 11.3 Å². The molecule has 3 nitrogen and oxygen atoms in total. The lowest BCUT2D eigenvalue weighted by Gasteiger charge is -2.26. The average Bonchev–Trinajstić information content (AvgIpc) is 2.73. The summed E-state index contributed by atoms with van der Waals surface area (Å²) < 4.78 is 23.2. The van der Waals surface area contributed by atoms with Gasteiger partial charge in [-0.2, -0.15) is 0 Å². The van der Waals surface area contributed by atoms with E-state index in [0.29, 0.717) is 12.8 Å². The summed E-state index contributed by atoms with van der Waals surface area (Å²) in [4.78, 5) is 13.2. The first-order valence-electron chi connectivity index (χ1n) is 6.16. The SMILES string of the molecule is Cc1ccsc1C(=O)C1CCCC(S(C)(=O)=O)C1. The topological polar surface area (TPSA) is 51.2 Å². The van der Waals surface area contributed by atoms with Crippen LogP contribution in [0, 0.1) is 12.8 Å². The van der Waals surface area contributed by atoms with Crippen molar-refractivity contribution in [2.24, 2.45) is 5.92 Å². The molecular weight excluding hydrogens is 268 g/mol. The number of carbonyl (C=O) groups excluding carboxylic acids is 1. The van der Waals surface area contributed by atoms with Gasteiger partial charge in [0, 0.05) is 12.2 Å². The largest absolute Gasteiger partial charge is 0.293 e. The Kier molecular flexibility index (Phi) is 3.92. The summed E-state index contributed by atoms with van der Waals surface area (Å²) >= 11 is 1.46. The molecule has 0 saturated heterocycles. The van der Waals surface area contributed by atoms with Gasteiger partial charge in [-0.15, -0.1) is 11.3 Å². The van der Waals surface area contributed by atoms with E-state index in [1.807, 2.05) is 18.4 Å². The molecule has 0 spiro atoms. The molecule has 0 aromatic carbocycles. The van der Waals surface area contributed by atoms with E-state index >= 15 is 0 Å². The highest BCUT2D eigenvalue weighted by molar-refractivity contribution is 7.91. The van der Waals surface area contributed by atoms with Crippen molar-refractivity contribution in [1.82, 2.24) is 0 Å². The van der Waals surface area contributed by atoms with E-state index in [9.17, 15) is 13.2 Å². The minimum absolute atomic E-state index is 0.115. The number of hydrogen-bond acceptors (Lipinski definition) is 4. The molecular formula is C13H18O3S2. The van der Waals surface area contributed by atoms with E-state index in [1.54, 1.807) is 0 Å². The predicted molar refractivity (Wildman–Crippen MR) is 74.0 cm³/mol. The normalized spacial score (nSPS) is 25.0. The van der Waals surface area contributed by atoms with Crippen molar-refractivity contribution in [3.63, 3.8) is 0 Å². The lowest BCUT2D eigenvalue weighted by Crippen LogP contribution is -2.31. The van der Waals surface area contributed by atoms with Gasteiger partial charge in [0.05, 0.1) is 10.1 Å². The first-order valence-corrected chi connectivity index (χ1v) is 9.00. The van der Waals surface area contributed by atoms with Gasteiger partial charge in [-0.05, 0) is 43.2 Å². The summed E-state index contributed by atoms with van der Waals surface area (Å²) in [5.74, 6) is 0.0201. The van der Waals surface area contributed by atoms with Crippen LogP contribution in [0.25, 0.3) is 0 Å². The van der Waals surface area contributed by atoms with Crippen molar-refractivity contribution in [2.75, 3.05) is 6.26 Å². The van der Waals surface area contributed by atoms with Gasteiger partial charge in [-0.25, -0.2) is 8.42 Å². The van der Waals surface area contributed by atoms with Gasteiger partial charge in [0.25, 0.3) is 0 Å². The molecule has 1 aromatic heterocycles. The molecule has 0 bridgehead atoms. The molecule has 2 unspecified atom stereocenters. The van der Waals surface area contributed by atoms with Crippen LogP contribution in [-0.2, 0) is 9.84 Å². The lowest BCUT2D eigenvalue weighted by molar-refractivity contribution is 0.0894. The number of aryl methyl sites for hydroxylation is 1. The quantitative estimate of drug-likeness (QED) is 0.803. The number of thiophene rings is 1. The Bertz CT molecular complexity index is 542. The van der Waals surface area contributed by atoms with Crippen molar-refractivity contribution in [3.8, 4) is 0 Å². The average molecular weight is 286 g/mol. The van der Waals surface area contributed by atoms with Crippen LogP contribution in [-0.4, -0.2) is 25.7 Å². The summed E-state index contributed by atoms with van der Waals surface area (Å²) in [6.07, 6.45) is 4.13. The van der Waals surface area contributed by atoms with Gasteiger partial charge < -0.3 is 0 Å². The Balaban J connectivity index is 2.15. The molecule has 5 heteroatoms. The van der Waals surface area contributed by atoms with Crippen molar-refractivity contribution in [3.05, 3.63) is 21.9 Å². The van der Waals surface area contributed by atoms with E-state index in [-0.39, 0.29) is 17.0 Å². The molecule has 1 aliphatic carbocycles. The first kappa shape index (κ1) is 13.7. The molecule has 1 saturated carbocycles. The third-order valence-corrected chi connectivity index (χ3v) is 6.36. The number of hydrogen-bond donors (Lipinski definition) is 0. The van der Waals surface area contributed by atoms with Crippen LogP contribution in [0.15, 0.2) is 11.4 Å². The van der Waals surface area contributed by atoms with Crippen molar-refractivity contribution in [1.29, 1.82) is 0 Å². The smallest absolute Gasteiger partial charge is 0.176 e. The second-order valence-corrected chi connectivity index (χ2v) is 8.35. The van der Waals surface area contributed by atoms with Gasteiger partial charge in [-0.3, -0.25) is 4.79 Å². The molecule has 100 valence electrons. The zero-order valence-corrected chi connectivity index (χ0v) is 12.3. The highest BCUT2D eigenvalue weighted by atomic mass is 32.2. The summed E-state index contributed by atoms with van der Waals surface area (Å²) in [5, 5.41) is 1.58. The van der Waals surface area contributed by atoms with Gasteiger partial charge in [0.15, 0.2) is 5.78 Å². The zero-order valence-electron chi connectivity index (χ0n) is 10.7. The summed E-state index contributed by atoms with van der Waals surface area (Å²) in [5.41, 5.74) is 1.01. The molecule has 0 radical (unpaired) electrons. The lowest BCUT2D eigenvalue weighted by atomic mass is 9.85. The standard InChI is InChI=1S/C13H18O3S2/c1-9-6-7-17-13(9)12(14)10-4-3-5-11(8-10)18(2,15)16/h6-7,10-11H,3-5,8H2,1-2H3. The number of ketones is 1. The second-order valence-electron chi connectivity index (χ2n) is 5.11. The van der Waals surface area contributed by atoms with Crippen LogP contribution in [0.5, 0.6) is 0 Å². The Labute approximate surface area is 112 Å². The van der Waals surface area contributed by atoms with Crippen LogP contribution in [0.4, 0.5) is 0 Å². The van der Waals surface area contributed by atoms with Crippen molar-refractivity contribution < 1.29 is 13.2 Å². The molecule has 0 N–H and O–H groups in total. The summed E-state index contributed by atoms with van der Waals surface area (Å²) in [7, 11) is -3.02. The first-order chi connectivity index (χ1) is 8.39. The van der Waals surface area contributed by atoms with E-state index in [0.717, 1.165) is 23.3 Å². The van der Waals surface area contributed by atoms with E-state index in [1.165, 1.54) is 17.6 Å². The maximum Gasteiger partial charge on any atom is 0.176 e. The van der Waals surface area contributed by atoms with Crippen LogP contribution in [0.1, 0.15) is 40.9 Å². The van der Waals surface area contributed by atoms with Crippen molar-refractivity contribution >= 4 is 27.0 Å². The van der Waals surface area contributed by atoms with Gasteiger partial charge >= 0.3 is 0 Å². The molecule has 1 fully saturated rings. The van der Waals surface area contributed by atoms with E-state index in [2.05, 4.69) is 0 Å². The molecule has 1 aromatic rings. The molecule has 2 atom stereocenters. The van der Waals surface area contributed by atoms with Gasteiger partial charge in [-0.1, -0.05) is 6.42 Å². The molecule has 1 heterocycles. The highest BCUT2D eigenvalue weighted by Gasteiger charge is 2.33. The summed E-state index contributed by atoms with van der Waals surface area (Å²) in [6.45, 7) is 1.93. The van der Waals surface area contributed by atoms with Crippen LogP contribution < -0.4 is 0 Å². The Morgan fingerprint density at radius 2 is 2.11 bits per heavy atom. The molecule has 2 rings (SSSR count). The zero-order chi connectivity index (χ0) is 13.3. The van der Waals surface area contributed by atoms with E-state index in [4.69, 9.17) is 0 Å². The Morgan fingerprint density at radius 1 is 1.39 bits per heavy atom. The van der Waals surface area contributed by atoms with E-state index < -0.39 is 9.84 Å². The highest BCUT2D eigenvalue weighted by Crippen LogP contribution is 2.32. The van der Waals surface area contributed by atoms with Crippen LogP contribution in [0.3, 0.4) is 0 Å². The number of sulfone groups is 1. The number of Topliss-reactive ketones (excluding diaryl/α,β-unsaturated/α-hetero) is 1. The predicted octanol–water partition coefficient (Wildman–Crippen LogP) is 2.84. The fourth-order valence-corrected chi connectivity index (χ4v) is 4.70. The fourth-order valence-electron chi connectivity index (χ4n) is 2.58. The third kappa shape index (κ3) is 2.83. The van der Waals surface area contributed by atoms with Gasteiger partial charge in [0.2, 0.25) is 0 Å². The van der Waals surface area contributed by atoms with Gasteiger partial charge in [0.1, 0.15) is 9.84 Å². The maximum atomic E-state index is 12.4. The number of carbonyl (C=O) groups is 1. The molecule has 0 aliphatic heterocycles.